The summed E-state index contributed by atoms with van der Waals surface area (Å²) in [4.78, 5) is 52.2. The average molecular weight is 623 g/mol. The molecule has 3 heterocycles. The number of alkyl carbamates (subject to hydrolysis) is 1. The van der Waals surface area contributed by atoms with Crippen LogP contribution in [0.4, 0.5) is 4.79 Å². The lowest BCUT2D eigenvalue weighted by molar-refractivity contribution is -0.141. The minimum absolute atomic E-state index is 0.129. The molecule has 246 valence electrons. The van der Waals surface area contributed by atoms with Crippen LogP contribution in [0.3, 0.4) is 0 Å². The molecule has 1 aromatic carbocycles. The monoisotopic (exact) mass is 622 g/mol. The molecule has 1 aliphatic carbocycles. The van der Waals surface area contributed by atoms with Crippen molar-refractivity contribution >= 4 is 28.8 Å². The van der Waals surface area contributed by atoms with Crippen LogP contribution in [0.1, 0.15) is 99.1 Å². The van der Waals surface area contributed by atoms with E-state index in [9.17, 15) is 14.4 Å². The first-order valence-corrected chi connectivity index (χ1v) is 16.7. The molecule has 0 unspecified atom stereocenters. The summed E-state index contributed by atoms with van der Waals surface area (Å²) in [5.41, 5.74) is 0.994. The van der Waals surface area contributed by atoms with Gasteiger partial charge in [0.1, 0.15) is 29.2 Å². The number of hydrogen-bond donors (Lipinski definition) is 1. The third kappa shape index (κ3) is 7.04. The van der Waals surface area contributed by atoms with Gasteiger partial charge in [-0.2, -0.15) is 0 Å². The summed E-state index contributed by atoms with van der Waals surface area (Å²) < 4.78 is 18.5. The van der Waals surface area contributed by atoms with Gasteiger partial charge in [-0.05, 0) is 82.8 Å². The summed E-state index contributed by atoms with van der Waals surface area (Å²) in [5, 5.41) is 2.92. The first kappa shape index (κ1) is 32.9. The van der Waals surface area contributed by atoms with Crippen molar-refractivity contribution < 1.29 is 28.6 Å². The SMILES string of the molecule is CCOc1ccc2nc3c(nc2c1)O[C@H]1CN(C(=O)[C@H](C(C)(C)C)NC(=O)O[C@]2(C)CCC[C@H]2CCCCC3)[C@H](C(C)=O)[C@@H]1C. The number of rotatable bonds is 3. The predicted octanol–water partition coefficient (Wildman–Crippen LogP) is 6.03. The van der Waals surface area contributed by atoms with Crippen molar-refractivity contribution in [2.45, 2.75) is 124 Å². The predicted molar refractivity (Wildman–Crippen MR) is 171 cm³/mol. The molecule has 3 aliphatic rings. The Balaban J connectivity index is 1.53. The van der Waals surface area contributed by atoms with Crippen molar-refractivity contribution in [2.75, 3.05) is 13.2 Å². The number of fused-ring (bicyclic) bond motifs is 5. The maximum absolute atomic E-state index is 14.3. The second kappa shape index (κ2) is 13.1. The van der Waals surface area contributed by atoms with Crippen LogP contribution in [0.5, 0.6) is 11.6 Å². The Labute approximate surface area is 267 Å². The Kier molecular flexibility index (Phi) is 9.61. The minimum atomic E-state index is -0.895. The normalized spacial score (nSPS) is 29.9. The van der Waals surface area contributed by atoms with Crippen molar-refractivity contribution in [3.63, 3.8) is 0 Å². The molecule has 2 amide bonds. The number of nitrogens with zero attached hydrogens (tertiary/aromatic N) is 3. The van der Waals surface area contributed by atoms with Crippen molar-refractivity contribution in [3.8, 4) is 11.6 Å². The molecule has 2 aromatic rings. The Hall–Kier alpha value is -3.43. The van der Waals surface area contributed by atoms with Crippen LogP contribution in [0.2, 0.25) is 0 Å². The van der Waals surface area contributed by atoms with Crippen LogP contribution < -0.4 is 14.8 Å². The first-order valence-electron chi connectivity index (χ1n) is 16.7. The number of aromatic nitrogens is 2. The van der Waals surface area contributed by atoms with E-state index in [2.05, 4.69) is 5.32 Å². The maximum Gasteiger partial charge on any atom is 0.408 e. The fourth-order valence-electron chi connectivity index (χ4n) is 7.46. The molecule has 2 fully saturated rings. The topological polar surface area (TPSA) is 120 Å². The number of aryl methyl sites for hydroxylation is 1. The Bertz CT molecular complexity index is 1420. The fraction of sp³-hybridized carbons (Fsp3) is 0.686. The zero-order valence-electron chi connectivity index (χ0n) is 28.0. The van der Waals surface area contributed by atoms with Crippen molar-refractivity contribution in [1.82, 2.24) is 20.2 Å². The fourth-order valence-corrected chi connectivity index (χ4v) is 7.46. The molecule has 1 aromatic heterocycles. The average Bonchev–Trinajstić information content (AvgIpc) is 3.49. The summed E-state index contributed by atoms with van der Waals surface area (Å²) in [5.74, 6) is 0.642. The van der Waals surface area contributed by atoms with E-state index in [1.807, 2.05) is 59.7 Å². The molecule has 1 saturated heterocycles. The van der Waals surface area contributed by atoms with E-state index < -0.39 is 35.3 Å². The molecular formula is C35H50N4O6. The molecule has 6 atom stereocenters. The van der Waals surface area contributed by atoms with E-state index in [4.69, 9.17) is 24.2 Å². The summed E-state index contributed by atoms with van der Waals surface area (Å²) in [6.07, 6.45) is 6.32. The van der Waals surface area contributed by atoms with E-state index in [0.29, 0.717) is 30.2 Å². The summed E-state index contributed by atoms with van der Waals surface area (Å²) in [7, 11) is 0. The van der Waals surface area contributed by atoms with Gasteiger partial charge < -0.3 is 24.4 Å². The highest BCUT2D eigenvalue weighted by Crippen LogP contribution is 2.42. The number of amides is 2. The van der Waals surface area contributed by atoms with Gasteiger partial charge in [0.15, 0.2) is 5.78 Å². The highest BCUT2D eigenvalue weighted by molar-refractivity contribution is 5.92. The van der Waals surface area contributed by atoms with E-state index in [1.54, 1.807) is 4.90 Å². The molecular weight excluding hydrogens is 572 g/mol. The van der Waals surface area contributed by atoms with Gasteiger partial charge in [-0.15, -0.1) is 0 Å². The number of ketones is 1. The van der Waals surface area contributed by atoms with Gasteiger partial charge in [0, 0.05) is 12.0 Å². The number of carbonyl (C=O) groups excluding carboxylic acids is 3. The van der Waals surface area contributed by atoms with Crippen LogP contribution in [0, 0.1) is 17.3 Å². The smallest absolute Gasteiger partial charge is 0.408 e. The second-order valence-electron chi connectivity index (χ2n) is 14.5. The van der Waals surface area contributed by atoms with E-state index in [1.165, 1.54) is 6.92 Å². The Morgan fingerprint density at radius 3 is 2.58 bits per heavy atom. The lowest BCUT2D eigenvalue weighted by Crippen LogP contribution is -2.57. The lowest BCUT2D eigenvalue weighted by atomic mass is 9.85. The Morgan fingerprint density at radius 2 is 1.87 bits per heavy atom. The molecule has 5 rings (SSSR count). The van der Waals surface area contributed by atoms with E-state index >= 15 is 0 Å². The number of hydrogen-bond acceptors (Lipinski definition) is 8. The zero-order valence-corrected chi connectivity index (χ0v) is 28.0. The zero-order chi connectivity index (χ0) is 32.5. The third-order valence-electron chi connectivity index (χ3n) is 10.00. The van der Waals surface area contributed by atoms with Gasteiger partial charge >= 0.3 is 6.09 Å². The summed E-state index contributed by atoms with van der Waals surface area (Å²) >= 11 is 0. The highest BCUT2D eigenvalue weighted by Gasteiger charge is 2.50. The van der Waals surface area contributed by atoms with Crippen LogP contribution in [-0.4, -0.2) is 69.6 Å². The highest BCUT2D eigenvalue weighted by atomic mass is 16.6. The maximum atomic E-state index is 14.3. The molecule has 1 saturated carbocycles. The molecule has 2 aliphatic heterocycles. The van der Waals surface area contributed by atoms with Gasteiger partial charge in [0.2, 0.25) is 11.8 Å². The number of Topliss-reactive ketones (excluding diaryl/α,β-unsaturated/α-hetero) is 1. The quantitative estimate of drug-likeness (QED) is 0.441. The van der Waals surface area contributed by atoms with Crippen molar-refractivity contribution in [2.24, 2.45) is 17.3 Å². The van der Waals surface area contributed by atoms with Crippen molar-refractivity contribution in [1.29, 1.82) is 0 Å². The number of carbonyl (C=O) groups is 3. The van der Waals surface area contributed by atoms with Crippen LogP contribution >= 0.6 is 0 Å². The molecule has 10 heteroatoms. The van der Waals surface area contributed by atoms with Gasteiger partial charge in [0.05, 0.1) is 30.2 Å². The molecule has 2 bridgehead atoms. The summed E-state index contributed by atoms with van der Waals surface area (Å²) in [6.45, 7) is 13.9. The summed E-state index contributed by atoms with van der Waals surface area (Å²) in [6, 6.07) is 4.09. The molecule has 0 radical (unpaired) electrons. The van der Waals surface area contributed by atoms with Gasteiger partial charge in [-0.3, -0.25) is 9.59 Å². The number of nitrogens with one attached hydrogen (secondary N) is 1. The third-order valence-corrected chi connectivity index (χ3v) is 10.00. The lowest BCUT2D eigenvalue weighted by Gasteiger charge is -2.37. The standard InChI is InChI=1S/C35H50N4O6/c1-8-43-24-16-17-25-27(19-24)37-31-26(36-25)15-11-9-10-13-23-14-12-18-35(23,7)45-33(42)38-30(34(4,5)6)32(41)39-20-28(44-31)21(2)29(39)22(3)40/h16-17,19,21,23,28-30H,8-15,18,20H2,1-7H3,(H,38,42)/t21-,23-,28+,29+,30-,35-/m1/s1. The van der Waals surface area contributed by atoms with Crippen LogP contribution in [0.15, 0.2) is 18.2 Å². The molecule has 45 heavy (non-hydrogen) atoms. The van der Waals surface area contributed by atoms with Crippen molar-refractivity contribution in [3.05, 3.63) is 23.9 Å². The molecule has 0 spiro atoms. The van der Waals surface area contributed by atoms with E-state index in [-0.39, 0.29) is 30.1 Å². The Morgan fingerprint density at radius 1 is 1.11 bits per heavy atom. The minimum Gasteiger partial charge on any atom is -0.494 e. The van der Waals surface area contributed by atoms with Crippen LogP contribution in [-0.2, 0) is 20.7 Å². The van der Waals surface area contributed by atoms with Gasteiger partial charge in [-0.1, -0.05) is 40.5 Å². The largest absolute Gasteiger partial charge is 0.494 e. The molecule has 10 nitrogen and oxygen atoms in total. The van der Waals surface area contributed by atoms with E-state index in [0.717, 1.165) is 56.2 Å². The number of benzene rings is 1. The van der Waals surface area contributed by atoms with Crippen LogP contribution in [0.25, 0.3) is 11.0 Å². The second-order valence-corrected chi connectivity index (χ2v) is 14.5. The first-order chi connectivity index (χ1) is 21.3. The number of ether oxygens (including phenoxy) is 3. The van der Waals surface area contributed by atoms with Gasteiger partial charge in [0.25, 0.3) is 0 Å². The van der Waals surface area contributed by atoms with Gasteiger partial charge in [-0.25, -0.2) is 14.8 Å². The molecule has 1 N–H and O–H groups in total.